The zero-order chi connectivity index (χ0) is 19.4. The van der Waals surface area contributed by atoms with Gasteiger partial charge < -0.3 is 4.74 Å². The van der Waals surface area contributed by atoms with Gasteiger partial charge in [0.25, 0.3) is 0 Å². The van der Waals surface area contributed by atoms with Crippen LogP contribution in [0.2, 0.25) is 0 Å². The average molecular weight is 368 g/mol. The zero-order valence-electron chi connectivity index (χ0n) is 16.1. The van der Waals surface area contributed by atoms with Crippen LogP contribution < -0.4 is 4.74 Å². The Bertz CT molecular complexity index is 986. The van der Waals surface area contributed by atoms with Crippen LogP contribution in [0, 0.1) is 5.41 Å². The fraction of sp³-hybridized carbons (Fsp3) is 0.192. The number of Topliss-reactive ketones (excluding diaryl/α,β-unsaturated/α-hetero) is 1. The van der Waals surface area contributed by atoms with Crippen molar-refractivity contribution in [3.05, 3.63) is 107 Å². The molecule has 28 heavy (non-hydrogen) atoms. The van der Waals surface area contributed by atoms with Gasteiger partial charge in [-0.05, 0) is 48.1 Å². The van der Waals surface area contributed by atoms with Gasteiger partial charge in [-0.15, -0.1) is 0 Å². The van der Waals surface area contributed by atoms with Gasteiger partial charge in [0, 0.05) is 11.0 Å². The van der Waals surface area contributed by atoms with Crippen LogP contribution in [0.15, 0.2) is 84.9 Å². The number of allylic oxidation sites excluding steroid dienone is 1. The lowest BCUT2D eigenvalue weighted by Crippen LogP contribution is -2.30. The fourth-order valence-electron chi connectivity index (χ4n) is 4.13. The number of rotatable bonds is 6. The van der Waals surface area contributed by atoms with E-state index in [4.69, 9.17) is 4.74 Å². The maximum absolute atomic E-state index is 13.4. The Hall–Kier alpha value is -3.13. The summed E-state index contributed by atoms with van der Waals surface area (Å²) in [5.41, 5.74) is 3.93. The van der Waals surface area contributed by atoms with E-state index in [0.717, 1.165) is 47.3 Å². The van der Waals surface area contributed by atoms with Gasteiger partial charge in [0.05, 0.1) is 7.11 Å². The molecule has 3 aromatic carbocycles. The molecule has 140 valence electrons. The fourth-order valence-corrected chi connectivity index (χ4v) is 4.13. The SMILES string of the molecule is COc1ccc(CC2(C/C=C/c3ccccc3)Cc3ccccc3C2=O)cc1. The maximum atomic E-state index is 13.4. The van der Waals surface area contributed by atoms with E-state index in [1.54, 1.807) is 7.11 Å². The van der Waals surface area contributed by atoms with E-state index in [1.165, 1.54) is 0 Å². The highest BCUT2D eigenvalue weighted by Crippen LogP contribution is 2.42. The van der Waals surface area contributed by atoms with Crippen LogP contribution in [0.5, 0.6) is 5.75 Å². The lowest BCUT2D eigenvalue weighted by Gasteiger charge is -2.26. The summed E-state index contributed by atoms with van der Waals surface area (Å²) in [5, 5.41) is 0. The lowest BCUT2D eigenvalue weighted by atomic mass is 9.75. The molecule has 0 bridgehead atoms. The van der Waals surface area contributed by atoms with E-state index in [1.807, 2.05) is 48.5 Å². The quantitative estimate of drug-likeness (QED) is 0.552. The largest absolute Gasteiger partial charge is 0.497 e. The highest BCUT2D eigenvalue weighted by atomic mass is 16.5. The Balaban J connectivity index is 1.63. The molecule has 1 unspecified atom stereocenters. The minimum Gasteiger partial charge on any atom is -0.497 e. The Morgan fingerprint density at radius 1 is 0.929 bits per heavy atom. The number of ether oxygens (including phenoxy) is 1. The highest BCUT2D eigenvalue weighted by molar-refractivity contribution is 6.05. The van der Waals surface area contributed by atoms with Gasteiger partial charge in [-0.25, -0.2) is 0 Å². The number of hydrogen-bond donors (Lipinski definition) is 0. The molecule has 2 nitrogen and oxygen atoms in total. The van der Waals surface area contributed by atoms with Crippen LogP contribution in [0.4, 0.5) is 0 Å². The summed E-state index contributed by atoms with van der Waals surface area (Å²) in [7, 11) is 1.67. The molecule has 0 heterocycles. The molecule has 0 saturated heterocycles. The molecular formula is C26H24O2. The summed E-state index contributed by atoms with van der Waals surface area (Å²) in [6.45, 7) is 0. The summed E-state index contributed by atoms with van der Waals surface area (Å²) in [6, 6.07) is 26.3. The van der Waals surface area contributed by atoms with E-state index in [2.05, 4.69) is 42.5 Å². The molecule has 0 saturated carbocycles. The van der Waals surface area contributed by atoms with Gasteiger partial charge in [0.1, 0.15) is 5.75 Å². The van der Waals surface area contributed by atoms with Crippen molar-refractivity contribution < 1.29 is 9.53 Å². The molecule has 0 fully saturated rings. The second-order valence-electron chi connectivity index (χ2n) is 7.49. The normalized spacial score (nSPS) is 18.4. The lowest BCUT2D eigenvalue weighted by molar-refractivity contribution is 0.0821. The third kappa shape index (κ3) is 3.63. The third-order valence-corrected chi connectivity index (χ3v) is 5.59. The molecule has 0 radical (unpaired) electrons. The van der Waals surface area contributed by atoms with Crippen molar-refractivity contribution in [3.8, 4) is 5.75 Å². The topological polar surface area (TPSA) is 26.3 Å². The number of carbonyl (C=O) groups is 1. The number of fused-ring (bicyclic) bond motifs is 1. The number of methoxy groups -OCH3 is 1. The monoisotopic (exact) mass is 368 g/mol. The smallest absolute Gasteiger partial charge is 0.170 e. The van der Waals surface area contributed by atoms with Crippen molar-refractivity contribution in [2.75, 3.05) is 7.11 Å². The first-order valence-electron chi connectivity index (χ1n) is 9.67. The van der Waals surface area contributed by atoms with E-state index < -0.39 is 5.41 Å². The molecule has 0 aromatic heterocycles. The van der Waals surface area contributed by atoms with Gasteiger partial charge in [-0.2, -0.15) is 0 Å². The molecule has 4 rings (SSSR count). The average Bonchev–Trinajstić information content (AvgIpc) is 3.01. The molecule has 0 aliphatic heterocycles. The van der Waals surface area contributed by atoms with Crippen LogP contribution in [0.25, 0.3) is 6.08 Å². The first kappa shape index (κ1) is 18.2. The summed E-state index contributed by atoms with van der Waals surface area (Å²) in [5.74, 6) is 1.10. The highest BCUT2D eigenvalue weighted by Gasteiger charge is 2.44. The van der Waals surface area contributed by atoms with Gasteiger partial charge in [-0.3, -0.25) is 4.79 Å². The molecule has 0 amide bonds. The maximum Gasteiger partial charge on any atom is 0.170 e. The zero-order valence-corrected chi connectivity index (χ0v) is 16.1. The van der Waals surface area contributed by atoms with E-state index in [-0.39, 0.29) is 5.78 Å². The number of carbonyl (C=O) groups excluding carboxylic acids is 1. The Kier molecular flexibility index (Phi) is 5.12. The number of hydrogen-bond acceptors (Lipinski definition) is 2. The van der Waals surface area contributed by atoms with Crippen molar-refractivity contribution in [3.63, 3.8) is 0 Å². The molecule has 1 atom stereocenters. The van der Waals surface area contributed by atoms with E-state index in [9.17, 15) is 4.79 Å². The van der Waals surface area contributed by atoms with Crippen LogP contribution >= 0.6 is 0 Å². The van der Waals surface area contributed by atoms with E-state index in [0.29, 0.717) is 0 Å². The minimum atomic E-state index is -0.427. The molecule has 1 aliphatic carbocycles. The number of benzene rings is 3. The molecule has 0 spiro atoms. The molecule has 0 N–H and O–H groups in total. The van der Waals surface area contributed by atoms with Gasteiger partial charge >= 0.3 is 0 Å². The third-order valence-electron chi connectivity index (χ3n) is 5.59. The Labute approximate surface area is 166 Å². The minimum absolute atomic E-state index is 0.261. The van der Waals surface area contributed by atoms with Crippen LogP contribution in [0.3, 0.4) is 0 Å². The molecule has 3 aromatic rings. The first-order valence-corrected chi connectivity index (χ1v) is 9.67. The number of ketones is 1. The standard InChI is InChI=1S/C26H24O2/c1-28-23-15-13-21(14-16-23)18-26(17-7-10-20-8-3-2-4-9-20)19-22-11-5-6-12-24(22)25(26)27/h2-16H,17-19H2,1H3/b10-7+. The van der Waals surface area contributed by atoms with Gasteiger partial charge in [0.15, 0.2) is 5.78 Å². The molecular weight excluding hydrogens is 344 g/mol. The summed E-state index contributed by atoms with van der Waals surface area (Å²) < 4.78 is 5.27. The van der Waals surface area contributed by atoms with Crippen molar-refractivity contribution in [2.24, 2.45) is 5.41 Å². The summed E-state index contributed by atoms with van der Waals surface area (Å²) in [6.07, 6.45) is 6.51. The Morgan fingerprint density at radius 2 is 1.64 bits per heavy atom. The molecule has 1 aliphatic rings. The van der Waals surface area contributed by atoms with Gasteiger partial charge in [-0.1, -0.05) is 78.9 Å². The molecule has 2 heteroatoms. The Morgan fingerprint density at radius 3 is 2.36 bits per heavy atom. The van der Waals surface area contributed by atoms with Crippen molar-refractivity contribution >= 4 is 11.9 Å². The van der Waals surface area contributed by atoms with Crippen molar-refractivity contribution in [1.29, 1.82) is 0 Å². The van der Waals surface area contributed by atoms with Crippen molar-refractivity contribution in [1.82, 2.24) is 0 Å². The van der Waals surface area contributed by atoms with Gasteiger partial charge in [0.2, 0.25) is 0 Å². The predicted octanol–water partition coefficient (Wildman–Crippen LogP) is 5.77. The predicted molar refractivity (Wildman–Crippen MR) is 114 cm³/mol. The van der Waals surface area contributed by atoms with E-state index >= 15 is 0 Å². The van der Waals surface area contributed by atoms with Crippen LogP contribution in [-0.4, -0.2) is 12.9 Å². The summed E-state index contributed by atoms with van der Waals surface area (Å²) >= 11 is 0. The van der Waals surface area contributed by atoms with Crippen molar-refractivity contribution in [2.45, 2.75) is 19.3 Å². The summed E-state index contributed by atoms with van der Waals surface area (Å²) in [4.78, 5) is 13.4. The van der Waals surface area contributed by atoms with Crippen LogP contribution in [-0.2, 0) is 12.8 Å². The second kappa shape index (κ2) is 7.85. The second-order valence-corrected chi connectivity index (χ2v) is 7.49. The van der Waals surface area contributed by atoms with Crippen LogP contribution in [0.1, 0.15) is 33.5 Å². The first-order chi connectivity index (χ1) is 13.7.